The van der Waals surface area contributed by atoms with Gasteiger partial charge in [-0.2, -0.15) is 0 Å². The SMILES string of the molecule is [Ge].[O-]B1OCCCCO1.[O-]B1OCCCCO1. The quantitative estimate of drug-likeness (QED) is 0.478. The standard InChI is InChI=1S/2C4H8BO3.Ge/c2*6-5-7-3-1-2-4-8-5;/h2*1-4H2;/q2*-1;. The molecule has 2 aliphatic rings. The van der Waals surface area contributed by atoms with Crippen LogP contribution in [-0.2, 0) is 18.6 Å². The van der Waals surface area contributed by atoms with Gasteiger partial charge in [-0.3, -0.25) is 0 Å². The molecular weight excluding hydrogens is 286 g/mol. The van der Waals surface area contributed by atoms with Crippen molar-refractivity contribution in [2.45, 2.75) is 25.7 Å². The van der Waals surface area contributed by atoms with E-state index in [1.54, 1.807) is 0 Å². The predicted octanol–water partition coefficient (Wildman–Crippen LogP) is -2.06. The van der Waals surface area contributed by atoms with Gasteiger partial charge < -0.3 is 28.7 Å². The van der Waals surface area contributed by atoms with Crippen LogP contribution in [0.4, 0.5) is 0 Å². The third-order valence-corrected chi connectivity index (χ3v) is 2.09. The fraction of sp³-hybridized carbons (Fsp3) is 1.00. The van der Waals surface area contributed by atoms with Gasteiger partial charge in [0.1, 0.15) is 0 Å². The summed E-state index contributed by atoms with van der Waals surface area (Å²) in [4.78, 5) is 0. The summed E-state index contributed by atoms with van der Waals surface area (Å²) in [6.07, 6.45) is 3.77. The van der Waals surface area contributed by atoms with Gasteiger partial charge in [-0.1, -0.05) is 0 Å². The molecule has 0 N–H and O–H groups in total. The number of hydrogen-bond acceptors (Lipinski definition) is 6. The van der Waals surface area contributed by atoms with E-state index in [2.05, 4.69) is 18.6 Å². The summed E-state index contributed by atoms with van der Waals surface area (Å²) in [5.41, 5.74) is 0. The zero-order chi connectivity index (χ0) is 11.6. The average molecular weight is 302 g/mol. The maximum absolute atomic E-state index is 10.3. The molecule has 2 rings (SSSR count). The van der Waals surface area contributed by atoms with Crippen LogP contribution in [0, 0.1) is 0 Å². The van der Waals surface area contributed by atoms with Crippen molar-refractivity contribution in [2.75, 3.05) is 26.4 Å². The molecule has 0 unspecified atom stereocenters. The first-order chi connectivity index (χ1) is 7.79. The Morgan fingerprint density at radius 3 is 1.06 bits per heavy atom. The van der Waals surface area contributed by atoms with Crippen LogP contribution in [0.2, 0.25) is 0 Å². The molecule has 2 saturated heterocycles. The molecule has 2 fully saturated rings. The van der Waals surface area contributed by atoms with E-state index >= 15 is 0 Å². The van der Waals surface area contributed by atoms with Gasteiger partial charge in [-0.15, -0.1) is 0 Å². The summed E-state index contributed by atoms with van der Waals surface area (Å²) >= 11 is 0. The van der Waals surface area contributed by atoms with Crippen molar-refractivity contribution in [1.29, 1.82) is 0 Å². The molecule has 0 spiro atoms. The van der Waals surface area contributed by atoms with Crippen LogP contribution in [0.3, 0.4) is 0 Å². The van der Waals surface area contributed by atoms with Gasteiger partial charge in [0.15, 0.2) is 0 Å². The largest absolute Gasteiger partial charge is 0.832 e. The average Bonchev–Trinajstić information content (AvgIpc) is 2.64. The first kappa shape index (κ1) is 17.4. The third-order valence-electron chi connectivity index (χ3n) is 2.09. The van der Waals surface area contributed by atoms with Crippen molar-refractivity contribution in [3.05, 3.63) is 0 Å². The van der Waals surface area contributed by atoms with Gasteiger partial charge in [0.25, 0.3) is 0 Å². The van der Waals surface area contributed by atoms with E-state index in [1.807, 2.05) is 0 Å². The summed E-state index contributed by atoms with van der Waals surface area (Å²) in [5, 5.41) is 20.6. The second kappa shape index (κ2) is 11.5. The maximum atomic E-state index is 10.3. The van der Waals surface area contributed by atoms with E-state index < -0.39 is 14.6 Å². The molecule has 17 heavy (non-hydrogen) atoms. The van der Waals surface area contributed by atoms with Crippen molar-refractivity contribution >= 4 is 32.2 Å². The van der Waals surface area contributed by atoms with E-state index in [-0.39, 0.29) is 17.6 Å². The second-order valence-corrected chi connectivity index (χ2v) is 3.47. The van der Waals surface area contributed by atoms with Crippen LogP contribution < -0.4 is 10.0 Å². The molecule has 0 saturated carbocycles. The summed E-state index contributed by atoms with van der Waals surface area (Å²) in [6, 6.07) is 0. The van der Waals surface area contributed by atoms with Crippen molar-refractivity contribution in [3.63, 3.8) is 0 Å². The second-order valence-electron chi connectivity index (χ2n) is 3.47. The van der Waals surface area contributed by atoms with E-state index in [0.717, 1.165) is 25.7 Å². The Balaban J connectivity index is 0.000000284. The van der Waals surface area contributed by atoms with Gasteiger partial charge in [0, 0.05) is 44.0 Å². The monoisotopic (exact) mass is 304 g/mol. The molecule has 6 nitrogen and oxygen atoms in total. The van der Waals surface area contributed by atoms with Gasteiger partial charge in [-0.25, -0.2) is 0 Å². The minimum atomic E-state index is -1.22. The Hall–Kier alpha value is 0.433. The Morgan fingerprint density at radius 2 is 0.824 bits per heavy atom. The van der Waals surface area contributed by atoms with Crippen LogP contribution in [0.5, 0.6) is 0 Å². The molecule has 0 aromatic heterocycles. The van der Waals surface area contributed by atoms with E-state index in [1.165, 1.54) is 0 Å². The van der Waals surface area contributed by atoms with Crippen LogP contribution in [0.1, 0.15) is 25.7 Å². The van der Waals surface area contributed by atoms with Crippen LogP contribution >= 0.6 is 0 Å². The minimum absolute atomic E-state index is 0. The Bertz CT molecular complexity index is 144. The molecule has 0 aliphatic carbocycles. The molecule has 2 aliphatic heterocycles. The summed E-state index contributed by atoms with van der Waals surface area (Å²) in [6.45, 7) is 2.20. The van der Waals surface area contributed by atoms with Crippen LogP contribution in [-0.4, -0.2) is 58.7 Å². The number of rotatable bonds is 0. The minimum Gasteiger partial charge on any atom is -0.832 e. The maximum Gasteiger partial charge on any atom is 0.345 e. The van der Waals surface area contributed by atoms with Crippen LogP contribution in [0.25, 0.3) is 0 Å². The zero-order valence-corrected chi connectivity index (χ0v) is 11.9. The summed E-state index contributed by atoms with van der Waals surface area (Å²) in [5.74, 6) is 0. The van der Waals surface area contributed by atoms with Crippen molar-refractivity contribution in [2.24, 2.45) is 0 Å². The van der Waals surface area contributed by atoms with Crippen molar-refractivity contribution in [1.82, 2.24) is 0 Å². The van der Waals surface area contributed by atoms with E-state index in [9.17, 15) is 10.0 Å². The fourth-order valence-corrected chi connectivity index (χ4v) is 1.22. The molecule has 0 aromatic carbocycles. The fourth-order valence-electron chi connectivity index (χ4n) is 1.22. The number of hydrogen-bond donors (Lipinski definition) is 0. The smallest absolute Gasteiger partial charge is 0.345 e. The van der Waals surface area contributed by atoms with Crippen molar-refractivity contribution < 1.29 is 28.7 Å². The third kappa shape index (κ3) is 10.1. The summed E-state index contributed by atoms with van der Waals surface area (Å²) < 4.78 is 18.5. The van der Waals surface area contributed by atoms with E-state index in [4.69, 9.17) is 0 Å². The zero-order valence-electron chi connectivity index (χ0n) is 9.76. The Kier molecular flexibility index (Phi) is 11.8. The normalized spacial score (nSPS) is 21.5. The first-order valence-corrected chi connectivity index (χ1v) is 5.57. The molecule has 4 radical (unpaired) electrons. The van der Waals surface area contributed by atoms with Gasteiger partial charge in [0.2, 0.25) is 0 Å². The molecule has 96 valence electrons. The predicted molar refractivity (Wildman–Crippen MR) is 59.5 cm³/mol. The van der Waals surface area contributed by atoms with Gasteiger partial charge in [0.05, 0.1) is 0 Å². The van der Waals surface area contributed by atoms with E-state index in [0.29, 0.717) is 26.4 Å². The first-order valence-electron chi connectivity index (χ1n) is 5.57. The molecular formula is C8H16B2GeO6-2. The van der Waals surface area contributed by atoms with Crippen LogP contribution in [0.15, 0.2) is 0 Å². The van der Waals surface area contributed by atoms with Gasteiger partial charge in [-0.05, 0) is 25.7 Å². The topological polar surface area (TPSA) is 83.0 Å². The summed E-state index contributed by atoms with van der Waals surface area (Å²) in [7, 11) is -2.45. The molecule has 9 heteroatoms. The Labute approximate surface area is 113 Å². The molecule has 2 heterocycles. The molecule has 0 atom stereocenters. The molecule has 0 bridgehead atoms. The molecule has 0 aromatic rings. The molecule has 0 amide bonds. The Morgan fingerprint density at radius 1 is 0.588 bits per heavy atom. The van der Waals surface area contributed by atoms with Crippen molar-refractivity contribution in [3.8, 4) is 0 Å². The van der Waals surface area contributed by atoms with Gasteiger partial charge >= 0.3 is 14.6 Å².